The van der Waals surface area contributed by atoms with Gasteiger partial charge in [-0.25, -0.2) is 4.98 Å². The van der Waals surface area contributed by atoms with Gasteiger partial charge in [-0.05, 0) is 25.1 Å². The molecule has 0 aliphatic carbocycles. The number of benzene rings is 2. The molecule has 0 fully saturated rings. The number of aromatic nitrogens is 2. The molecule has 0 aliphatic heterocycles. The Morgan fingerprint density at radius 3 is 2.61 bits per heavy atom. The quantitative estimate of drug-likeness (QED) is 0.348. The topological polar surface area (TPSA) is 87.0 Å². The first-order valence-corrected chi connectivity index (χ1v) is 9.11. The zero-order valence-electron chi connectivity index (χ0n) is 16.8. The maximum absolute atomic E-state index is 12.6. The van der Waals surface area contributed by atoms with E-state index < -0.39 is 6.36 Å². The summed E-state index contributed by atoms with van der Waals surface area (Å²) < 4.78 is 49.0. The first-order valence-electron chi connectivity index (χ1n) is 9.11. The molecule has 0 aliphatic rings. The lowest BCUT2D eigenvalue weighted by Crippen LogP contribution is -2.18. The molecule has 10 heteroatoms. The van der Waals surface area contributed by atoms with Crippen molar-refractivity contribution in [3.63, 3.8) is 0 Å². The van der Waals surface area contributed by atoms with Crippen molar-refractivity contribution in [3.8, 4) is 17.2 Å². The number of aryl methyl sites for hydroxylation is 1. The number of aliphatic imine (C=N–C) groups is 1. The van der Waals surface area contributed by atoms with E-state index in [-0.39, 0.29) is 17.9 Å². The fourth-order valence-corrected chi connectivity index (χ4v) is 2.87. The number of hydrogen-bond acceptors (Lipinski definition) is 6. The minimum Gasteiger partial charge on any atom is -0.495 e. The number of imidazole rings is 1. The van der Waals surface area contributed by atoms with Crippen molar-refractivity contribution in [1.82, 2.24) is 9.55 Å². The van der Waals surface area contributed by atoms with Crippen molar-refractivity contribution in [1.29, 1.82) is 0 Å². The lowest BCUT2D eigenvalue weighted by Gasteiger charge is -2.12. The third-order valence-electron chi connectivity index (χ3n) is 4.28. The highest BCUT2D eigenvalue weighted by molar-refractivity contribution is 6.38. The number of methoxy groups -OCH3 is 1. The lowest BCUT2D eigenvalue weighted by atomic mass is 10.1. The highest BCUT2D eigenvalue weighted by atomic mass is 19.4. The second kappa shape index (κ2) is 9.33. The normalized spacial score (nSPS) is 12.4. The first kappa shape index (κ1) is 21.9. The molecule has 162 valence electrons. The predicted molar refractivity (Wildman–Crippen MR) is 111 cm³/mol. The van der Waals surface area contributed by atoms with Crippen LogP contribution in [0.4, 0.5) is 13.2 Å². The highest BCUT2D eigenvalue weighted by Crippen LogP contribution is 2.27. The Kier molecular flexibility index (Phi) is 6.58. The van der Waals surface area contributed by atoms with E-state index in [4.69, 9.17) is 10.6 Å². The summed E-state index contributed by atoms with van der Waals surface area (Å²) in [4.78, 5) is 8.38. The number of nitrogens with two attached hydrogens (primary N) is 1. The summed E-state index contributed by atoms with van der Waals surface area (Å²) >= 11 is 0. The van der Waals surface area contributed by atoms with Crippen molar-refractivity contribution < 1.29 is 22.6 Å². The van der Waals surface area contributed by atoms with E-state index in [1.807, 2.05) is 23.8 Å². The van der Waals surface area contributed by atoms with Gasteiger partial charge >= 0.3 is 6.36 Å². The van der Waals surface area contributed by atoms with Gasteiger partial charge in [0, 0.05) is 23.5 Å². The van der Waals surface area contributed by atoms with Gasteiger partial charge in [-0.2, -0.15) is 5.10 Å². The van der Waals surface area contributed by atoms with Gasteiger partial charge in [0.15, 0.2) is 0 Å². The maximum atomic E-state index is 12.6. The molecule has 0 spiro atoms. The molecule has 0 saturated carbocycles. The van der Waals surface area contributed by atoms with Crippen molar-refractivity contribution in [2.45, 2.75) is 19.8 Å². The smallest absolute Gasteiger partial charge is 0.495 e. The van der Waals surface area contributed by atoms with Crippen LogP contribution in [0.1, 0.15) is 16.8 Å². The standard InChI is InChI=1S/C21H20F3N5O2/c1-14-12-29(13-27-14)18-8-7-15(9-20(18)30-2)17(28-25)11-26-10-16-5-3-4-6-19(16)31-21(22,23)24/h3-9,11-13H,10,25H2,1-2H3/b26-11?,28-17+. The SMILES string of the molecule is COc1cc(/C(C=NCc2ccccc2OC(F)(F)F)=N/N)ccc1-n1cnc(C)c1. The number of nitrogens with zero attached hydrogens (tertiary/aromatic N) is 4. The van der Waals surface area contributed by atoms with Gasteiger partial charge in [0.2, 0.25) is 0 Å². The average molecular weight is 431 g/mol. The van der Waals surface area contributed by atoms with Crippen LogP contribution in [-0.2, 0) is 6.54 Å². The second-order valence-electron chi connectivity index (χ2n) is 6.45. The predicted octanol–water partition coefficient (Wildman–Crippen LogP) is 4.02. The molecule has 0 unspecified atom stereocenters. The molecule has 0 amide bonds. The minimum absolute atomic E-state index is 0.0468. The van der Waals surface area contributed by atoms with Crippen LogP contribution in [-0.4, -0.2) is 34.9 Å². The van der Waals surface area contributed by atoms with Crippen molar-refractivity contribution in [2.24, 2.45) is 15.9 Å². The highest BCUT2D eigenvalue weighted by Gasteiger charge is 2.31. The second-order valence-corrected chi connectivity index (χ2v) is 6.45. The minimum atomic E-state index is -4.78. The van der Waals surface area contributed by atoms with E-state index in [9.17, 15) is 13.2 Å². The Bertz CT molecular complexity index is 1110. The Morgan fingerprint density at radius 1 is 1.19 bits per heavy atom. The van der Waals surface area contributed by atoms with Crippen LogP contribution in [0.2, 0.25) is 0 Å². The molecular formula is C21H20F3N5O2. The third kappa shape index (κ3) is 5.62. The summed E-state index contributed by atoms with van der Waals surface area (Å²) in [6.45, 7) is 1.83. The van der Waals surface area contributed by atoms with E-state index in [0.717, 1.165) is 11.4 Å². The number of para-hydroxylation sites is 1. The number of alkyl halides is 3. The molecule has 0 radical (unpaired) electrons. The van der Waals surface area contributed by atoms with Gasteiger partial charge < -0.3 is 19.9 Å². The Hall–Kier alpha value is -3.82. The van der Waals surface area contributed by atoms with E-state index in [0.29, 0.717) is 17.0 Å². The molecule has 1 heterocycles. The summed E-state index contributed by atoms with van der Waals surface area (Å²) in [5.41, 5.74) is 2.87. The molecular weight excluding hydrogens is 411 g/mol. The molecule has 1 aromatic heterocycles. The van der Waals surface area contributed by atoms with Crippen LogP contribution in [0, 0.1) is 6.92 Å². The Balaban J connectivity index is 1.80. The lowest BCUT2D eigenvalue weighted by molar-refractivity contribution is -0.274. The molecule has 0 atom stereocenters. The largest absolute Gasteiger partial charge is 0.573 e. The number of hydrazone groups is 1. The van der Waals surface area contributed by atoms with Crippen LogP contribution in [0.15, 0.2) is 65.1 Å². The van der Waals surface area contributed by atoms with Crippen molar-refractivity contribution in [3.05, 3.63) is 71.8 Å². The maximum Gasteiger partial charge on any atom is 0.573 e. The molecule has 3 rings (SSSR count). The summed E-state index contributed by atoms with van der Waals surface area (Å²) in [6.07, 6.45) is 0.139. The van der Waals surface area contributed by atoms with Crippen molar-refractivity contribution in [2.75, 3.05) is 7.11 Å². The molecule has 3 aromatic rings. The van der Waals surface area contributed by atoms with Crippen LogP contribution < -0.4 is 15.3 Å². The number of hydrogen-bond donors (Lipinski definition) is 1. The van der Waals surface area contributed by atoms with Crippen LogP contribution in [0.5, 0.6) is 11.5 Å². The van der Waals surface area contributed by atoms with Crippen LogP contribution >= 0.6 is 0 Å². The zero-order chi connectivity index (χ0) is 22.4. The zero-order valence-corrected chi connectivity index (χ0v) is 16.8. The average Bonchev–Trinajstić information content (AvgIpc) is 3.17. The van der Waals surface area contributed by atoms with E-state index in [1.54, 1.807) is 24.5 Å². The van der Waals surface area contributed by atoms with E-state index in [2.05, 4.69) is 19.8 Å². The van der Waals surface area contributed by atoms with Crippen LogP contribution in [0.3, 0.4) is 0 Å². The van der Waals surface area contributed by atoms with Gasteiger partial charge in [0.25, 0.3) is 0 Å². The molecule has 0 saturated heterocycles. The Labute approximate surface area is 176 Å². The summed E-state index contributed by atoms with van der Waals surface area (Å²) in [6, 6.07) is 11.1. The van der Waals surface area contributed by atoms with Gasteiger partial charge in [-0.1, -0.05) is 24.3 Å². The van der Waals surface area contributed by atoms with E-state index in [1.165, 1.54) is 31.5 Å². The number of halogens is 3. The number of ether oxygens (including phenoxy) is 2. The first-order chi connectivity index (χ1) is 14.8. The molecule has 2 aromatic carbocycles. The molecule has 0 bridgehead atoms. The third-order valence-corrected chi connectivity index (χ3v) is 4.28. The van der Waals surface area contributed by atoms with E-state index >= 15 is 0 Å². The fourth-order valence-electron chi connectivity index (χ4n) is 2.87. The summed E-state index contributed by atoms with van der Waals surface area (Å²) in [7, 11) is 1.54. The molecule has 7 nitrogen and oxygen atoms in total. The van der Waals surface area contributed by atoms with Gasteiger partial charge in [0.05, 0.1) is 31.4 Å². The Morgan fingerprint density at radius 2 is 1.97 bits per heavy atom. The van der Waals surface area contributed by atoms with Crippen molar-refractivity contribution >= 4 is 11.9 Å². The fraction of sp³-hybridized carbons (Fsp3) is 0.190. The summed E-state index contributed by atoms with van der Waals surface area (Å²) in [5.74, 6) is 5.77. The summed E-state index contributed by atoms with van der Waals surface area (Å²) in [5, 5.41) is 3.73. The molecule has 31 heavy (non-hydrogen) atoms. The monoisotopic (exact) mass is 431 g/mol. The van der Waals surface area contributed by atoms with Gasteiger partial charge in [-0.15, -0.1) is 13.2 Å². The van der Waals surface area contributed by atoms with Gasteiger partial charge in [0.1, 0.15) is 17.2 Å². The molecule has 2 N–H and O–H groups in total. The van der Waals surface area contributed by atoms with Crippen LogP contribution in [0.25, 0.3) is 5.69 Å². The van der Waals surface area contributed by atoms with Gasteiger partial charge in [-0.3, -0.25) is 4.99 Å². The number of rotatable bonds is 7.